The van der Waals surface area contributed by atoms with E-state index in [2.05, 4.69) is 13.8 Å². The molecule has 1 unspecified atom stereocenters. The Morgan fingerprint density at radius 3 is 2.48 bits per heavy atom. The average Bonchev–Trinajstić information content (AvgIpc) is 2.81. The first-order valence-corrected chi connectivity index (χ1v) is 12.4. The summed E-state index contributed by atoms with van der Waals surface area (Å²) in [6.45, 7) is 9.00. The van der Waals surface area contributed by atoms with Gasteiger partial charge in [0.2, 0.25) is 5.91 Å². The van der Waals surface area contributed by atoms with Gasteiger partial charge in [-0.1, -0.05) is 64.3 Å². The summed E-state index contributed by atoms with van der Waals surface area (Å²) in [7, 11) is 0. The van der Waals surface area contributed by atoms with Gasteiger partial charge in [-0.25, -0.2) is 4.98 Å². The second kappa shape index (κ2) is 11.8. The van der Waals surface area contributed by atoms with Crippen molar-refractivity contribution in [1.29, 1.82) is 0 Å². The molecule has 5 heteroatoms. The van der Waals surface area contributed by atoms with Gasteiger partial charge in [-0.05, 0) is 56.0 Å². The van der Waals surface area contributed by atoms with Crippen LogP contribution in [0.2, 0.25) is 0 Å². The Morgan fingerprint density at radius 2 is 1.79 bits per heavy atom. The van der Waals surface area contributed by atoms with Crippen molar-refractivity contribution < 1.29 is 4.79 Å². The Labute approximate surface area is 197 Å². The number of benzene rings is 2. The maximum absolute atomic E-state index is 13.7. The zero-order valence-electron chi connectivity index (χ0n) is 20.5. The van der Waals surface area contributed by atoms with E-state index in [1.807, 2.05) is 67.3 Å². The van der Waals surface area contributed by atoms with Crippen LogP contribution in [-0.4, -0.2) is 26.9 Å². The molecule has 1 amide bonds. The van der Waals surface area contributed by atoms with Gasteiger partial charge in [0.1, 0.15) is 5.82 Å². The maximum atomic E-state index is 13.7. The molecule has 0 spiro atoms. The molecule has 1 atom stereocenters. The minimum Gasteiger partial charge on any atom is -0.333 e. The summed E-state index contributed by atoms with van der Waals surface area (Å²) in [6.07, 6.45) is 6.37. The van der Waals surface area contributed by atoms with E-state index >= 15 is 0 Å². The lowest BCUT2D eigenvalue weighted by Crippen LogP contribution is -2.39. The van der Waals surface area contributed by atoms with Crippen LogP contribution in [0.25, 0.3) is 16.6 Å². The summed E-state index contributed by atoms with van der Waals surface area (Å²) < 4.78 is 1.72. The molecule has 0 fully saturated rings. The molecule has 0 bridgehead atoms. The van der Waals surface area contributed by atoms with E-state index in [0.717, 1.165) is 43.4 Å². The highest BCUT2D eigenvalue weighted by Gasteiger charge is 2.28. The molecule has 0 saturated heterocycles. The third-order valence-electron chi connectivity index (χ3n) is 6.16. The predicted molar refractivity (Wildman–Crippen MR) is 136 cm³/mol. The van der Waals surface area contributed by atoms with Crippen LogP contribution in [0, 0.1) is 6.92 Å². The SMILES string of the molecule is CCCCCCN(C(=O)CCC)C(CC)c1nc2ccccc2c(=O)n1-c1cccc(C)c1. The number of rotatable bonds is 11. The van der Waals surface area contributed by atoms with Gasteiger partial charge in [0.05, 0.1) is 22.6 Å². The third-order valence-corrected chi connectivity index (χ3v) is 6.16. The van der Waals surface area contributed by atoms with Gasteiger partial charge in [-0.2, -0.15) is 0 Å². The second-order valence-electron chi connectivity index (χ2n) is 8.79. The number of nitrogens with zero attached hydrogens (tertiary/aromatic N) is 3. The first kappa shape index (κ1) is 24.7. The lowest BCUT2D eigenvalue weighted by molar-refractivity contribution is -0.134. The number of aromatic nitrogens is 2. The van der Waals surface area contributed by atoms with Crippen LogP contribution >= 0.6 is 0 Å². The number of aryl methyl sites for hydroxylation is 1. The molecule has 0 N–H and O–H groups in total. The van der Waals surface area contributed by atoms with Crippen LogP contribution in [-0.2, 0) is 4.79 Å². The highest BCUT2D eigenvalue weighted by Crippen LogP contribution is 2.27. The van der Waals surface area contributed by atoms with Crippen molar-refractivity contribution in [2.24, 2.45) is 0 Å². The number of hydrogen-bond acceptors (Lipinski definition) is 3. The Bertz CT molecular complexity index is 1140. The minimum atomic E-state index is -0.261. The van der Waals surface area contributed by atoms with Gasteiger partial charge in [0.25, 0.3) is 5.56 Å². The number of fused-ring (bicyclic) bond motifs is 1. The molecule has 0 radical (unpaired) electrons. The molecule has 1 aromatic heterocycles. The van der Waals surface area contributed by atoms with E-state index in [-0.39, 0.29) is 17.5 Å². The first-order chi connectivity index (χ1) is 16.0. The van der Waals surface area contributed by atoms with Gasteiger partial charge < -0.3 is 4.90 Å². The number of carbonyl (C=O) groups excluding carboxylic acids is 1. The third kappa shape index (κ3) is 5.70. The zero-order valence-corrected chi connectivity index (χ0v) is 20.5. The van der Waals surface area contributed by atoms with Crippen molar-refractivity contribution in [3.8, 4) is 5.69 Å². The smallest absolute Gasteiger partial charge is 0.266 e. The van der Waals surface area contributed by atoms with Crippen LogP contribution < -0.4 is 5.56 Å². The van der Waals surface area contributed by atoms with E-state index in [9.17, 15) is 9.59 Å². The summed E-state index contributed by atoms with van der Waals surface area (Å²) in [5.41, 5.74) is 2.45. The maximum Gasteiger partial charge on any atom is 0.266 e. The van der Waals surface area contributed by atoms with Gasteiger partial charge in [-0.15, -0.1) is 0 Å². The standard InChI is InChI=1S/C28H37N3O2/c1-5-8-9-12-19-30(26(32)14-6-2)25(7-3)27-29-24-18-11-10-17-23(24)28(33)31(27)22-16-13-15-21(4)20-22/h10-11,13,15-18,20,25H,5-9,12,14,19H2,1-4H3. The number of hydrogen-bond donors (Lipinski definition) is 0. The Hall–Kier alpha value is -2.95. The monoisotopic (exact) mass is 447 g/mol. The number of unbranched alkanes of at least 4 members (excludes halogenated alkanes) is 3. The molecule has 5 nitrogen and oxygen atoms in total. The Kier molecular flexibility index (Phi) is 8.81. The quantitative estimate of drug-likeness (QED) is 0.322. The second-order valence-corrected chi connectivity index (χ2v) is 8.79. The molecule has 0 aliphatic carbocycles. The summed E-state index contributed by atoms with van der Waals surface area (Å²) in [5.74, 6) is 0.783. The molecule has 3 rings (SSSR count). The van der Waals surface area contributed by atoms with E-state index in [4.69, 9.17) is 4.98 Å². The normalized spacial score (nSPS) is 12.1. The van der Waals surface area contributed by atoms with E-state index in [1.54, 1.807) is 4.57 Å². The topological polar surface area (TPSA) is 55.2 Å². The van der Waals surface area contributed by atoms with Crippen LogP contribution in [0.1, 0.15) is 83.1 Å². The molecule has 3 aromatic rings. The number of para-hydroxylation sites is 1. The molecule has 176 valence electrons. The molecule has 33 heavy (non-hydrogen) atoms. The highest BCUT2D eigenvalue weighted by molar-refractivity contribution is 5.79. The van der Waals surface area contributed by atoms with Crippen LogP contribution in [0.3, 0.4) is 0 Å². The van der Waals surface area contributed by atoms with Crippen LogP contribution in [0.5, 0.6) is 0 Å². The Balaban J connectivity index is 2.19. The molecule has 0 aliphatic rings. The van der Waals surface area contributed by atoms with Gasteiger partial charge in [-0.3, -0.25) is 14.2 Å². The van der Waals surface area contributed by atoms with Crippen molar-refractivity contribution in [3.05, 3.63) is 70.3 Å². The molecule has 0 aliphatic heterocycles. The number of amides is 1. The Morgan fingerprint density at radius 1 is 1.00 bits per heavy atom. The molecule has 1 heterocycles. The minimum absolute atomic E-state index is 0.0893. The van der Waals surface area contributed by atoms with Crippen LogP contribution in [0.4, 0.5) is 0 Å². The lowest BCUT2D eigenvalue weighted by Gasteiger charge is -2.32. The molecular weight excluding hydrogens is 410 g/mol. The fourth-order valence-electron chi connectivity index (χ4n) is 4.45. The largest absolute Gasteiger partial charge is 0.333 e. The number of carbonyl (C=O) groups is 1. The van der Waals surface area contributed by atoms with E-state index in [0.29, 0.717) is 36.1 Å². The molecule has 0 saturated carbocycles. The van der Waals surface area contributed by atoms with E-state index < -0.39 is 0 Å². The van der Waals surface area contributed by atoms with Crippen LogP contribution in [0.15, 0.2) is 53.3 Å². The lowest BCUT2D eigenvalue weighted by atomic mass is 10.1. The van der Waals surface area contributed by atoms with Crippen molar-refractivity contribution in [2.45, 2.75) is 78.7 Å². The van der Waals surface area contributed by atoms with Crippen molar-refractivity contribution in [3.63, 3.8) is 0 Å². The first-order valence-electron chi connectivity index (χ1n) is 12.4. The van der Waals surface area contributed by atoms with Crippen molar-refractivity contribution in [1.82, 2.24) is 14.5 Å². The van der Waals surface area contributed by atoms with Crippen molar-refractivity contribution >= 4 is 16.8 Å². The summed E-state index contributed by atoms with van der Waals surface area (Å²) >= 11 is 0. The molecule has 2 aromatic carbocycles. The summed E-state index contributed by atoms with van der Waals surface area (Å²) in [6, 6.07) is 15.2. The summed E-state index contributed by atoms with van der Waals surface area (Å²) in [5, 5.41) is 0.590. The van der Waals surface area contributed by atoms with E-state index in [1.165, 1.54) is 0 Å². The van der Waals surface area contributed by atoms with Gasteiger partial charge in [0, 0.05) is 13.0 Å². The molecular formula is C28H37N3O2. The average molecular weight is 448 g/mol. The fourth-order valence-corrected chi connectivity index (χ4v) is 4.45. The highest BCUT2D eigenvalue weighted by atomic mass is 16.2. The predicted octanol–water partition coefficient (Wildman–Crippen LogP) is 6.35. The zero-order chi connectivity index (χ0) is 23.8. The van der Waals surface area contributed by atoms with Crippen molar-refractivity contribution in [2.75, 3.05) is 6.54 Å². The fraction of sp³-hybridized carbons (Fsp3) is 0.464. The van der Waals surface area contributed by atoms with Gasteiger partial charge >= 0.3 is 0 Å². The summed E-state index contributed by atoms with van der Waals surface area (Å²) in [4.78, 5) is 33.9. The van der Waals surface area contributed by atoms with Gasteiger partial charge in [0.15, 0.2) is 0 Å².